The molecule has 0 unspecified atom stereocenters. The molecule has 0 bridgehead atoms. The van der Waals surface area contributed by atoms with Gasteiger partial charge in [-0.25, -0.2) is 0 Å². The lowest BCUT2D eigenvalue weighted by molar-refractivity contribution is 0.0638. The van der Waals surface area contributed by atoms with Gasteiger partial charge in [-0.2, -0.15) is 0 Å². The number of ether oxygens (including phenoxy) is 1. The molecule has 5 heteroatoms. The van der Waals surface area contributed by atoms with Crippen LogP contribution in [-0.4, -0.2) is 60.5 Å². The van der Waals surface area contributed by atoms with E-state index in [4.69, 9.17) is 4.74 Å². The first-order valence-corrected chi connectivity index (χ1v) is 8.31. The molecule has 1 aromatic carbocycles. The molecule has 0 atom stereocenters. The van der Waals surface area contributed by atoms with Crippen molar-refractivity contribution < 1.29 is 9.53 Å². The Morgan fingerprint density at radius 2 is 1.88 bits per heavy atom. The van der Waals surface area contributed by atoms with Gasteiger partial charge in [0.25, 0.3) is 5.91 Å². The number of methoxy groups -OCH3 is 1. The minimum atomic E-state index is 0.0814. The molecule has 1 aliphatic rings. The van der Waals surface area contributed by atoms with Crippen molar-refractivity contribution in [1.29, 1.82) is 0 Å². The minimum absolute atomic E-state index is 0.0814. The number of pyridine rings is 1. The highest BCUT2D eigenvalue weighted by Crippen LogP contribution is 2.13. The first-order chi connectivity index (χ1) is 11.8. The molecule has 1 amide bonds. The van der Waals surface area contributed by atoms with E-state index in [9.17, 15) is 4.79 Å². The second-order valence-corrected chi connectivity index (χ2v) is 5.97. The smallest absolute Gasteiger partial charge is 0.255 e. The van der Waals surface area contributed by atoms with Gasteiger partial charge in [0.2, 0.25) is 0 Å². The van der Waals surface area contributed by atoms with Crippen molar-refractivity contribution in [3.8, 4) is 5.75 Å². The summed E-state index contributed by atoms with van der Waals surface area (Å²) in [6.45, 7) is 4.40. The third kappa shape index (κ3) is 4.11. The molecule has 1 saturated heterocycles. The van der Waals surface area contributed by atoms with Crippen LogP contribution in [0.15, 0.2) is 48.8 Å². The number of benzene rings is 1. The summed E-state index contributed by atoms with van der Waals surface area (Å²) in [5.41, 5.74) is 1.98. The number of aromatic nitrogens is 1. The summed E-state index contributed by atoms with van der Waals surface area (Å²) in [7, 11) is 1.68. The lowest BCUT2D eigenvalue weighted by Crippen LogP contribution is -2.49. The average Bonchev–Trinajstić information content (AvgIpc) is 2.67. The first-order valence-electron chi connectivity index (χ1n) is 8.31. The molecule has 0 saturated carbocycles. The molecule has 1 aromatic heterocycles. The Morgan fingerprint density at radius 3 is 2.50 bits per heavy atom. The Balaban J connectivity index is 1.45. The van der Waals surface area contributed by atoms with Crippen molar-refractivity contribution in [2.75, 3.05) is 39.8 Å². The summed E-state index contributed by atoms with van der Waals surface area (Å²) in [5, 5.41) is 0. The molecular formula is C19H23N3O2. The van der Waals surface area contributed by atoms with E-state index in [0.717, 1.165) is 44.9 Å². The Labute approximate surface area is 142 Å². The van der Waals surface area contributed by atoms with Crippen LogP contribution in [-0.2, 0) is 6.42 Å². The van der Waals surface area contributed by atoms with Crippen LogP contribution in [0.1, 0.15) is 15.9 Å². The van der Waals surface area contributed by atoms with Gasteiger partial charge < -0.3 is 9.64 Å². The topological polar surface area (TPSA) is 45.7 Å². The van der Waals surface area contributed by atoms with E-state index in [1.54, 1.807) is 25.6 Å². The maximum absolute atomic E-state index is 12.4. The Kier molecular flexibility index (Phi) is 5.43. The largest absolute Gasteiger partial charge is 0.497 e. The predicted molar refractivity (Wildman–Crippen MR) is 93.3 cm³/mol. The monoisotopic (exact) mass is 325 g/mol. The molecular weight excluding hydrogens is 302 g/mol. The number of carbonyl (C=O) groups is 1. The maximum atomic E-state index is 12.4. The quantitative estimate of drug-likeness (QED) is 0.844. The number of rotatable bonds is 5. The summed E-state index contributed by atoms with van der Waals surface area (Å²) in [6.07, 6.45) is 4.34. The van der Waals surface area contributed by atoms with Gasteiger partial charge in [-0.3, -0.25) is 14.7 Å². The third-order valence-corrected chi connectivity index (χ3v) is 4.44. The highest BCUT2D eigenvalue weighted by molar-refractivity contribution is 5.93. The lowest BCUT2D eigenvalue weighted by Gasteiger charge is -2.34. The van der Waals surface area contributed by atoms with E-state index in [1.807, 2.05) is 23.1 Å². The van der Waals surface area contributed by atoms with Crippen LogP contribution in [0, 0.1) is 0 Å². The number of piperazine rings is 1. The molecule has 2 heterocycles. The van der Waals surface area contributed by atoms with E-state index in [-0.39, 0.29) is 5.91 Å². The van der Waals surface area contributed by atoms with Gasteiger partial charge in [0.1, 0.15) is 5.75 Å². The number of nitrogens with zero attached hydrogens (tertiary/aromatic N) is 3. The molecule has 0 radical (unpaired) electrons. The highest BCUT2D eigenvalue weighted by Gasteiger charge is 2.21. The van der Waals surface area contributed by atoms with Gasteiger partial charge >= 0.3 is 0 Å². The van der Waals surface area contributed by atoms with Crippen molar-refractivity contribution in [2.24, 2.45) is 0 Å². The zero-order valence-corrected chi connectivity index (χ0v) is 14.0. The van der Waals surface area contributed by atoms with Crippen LogP contribution < -0.4 is 4.74 Å². The number of amides is 1. The van der Waals surface area contributed by atoms with Crippen LogP contribution in [0.5, 0.6) is 5.75 Å². The van der Waals surface area contributed by atoms with E-state index < -0.39 is 0 Å². The Bertz CT molecular complexity index is 650. The zero-order chi connectivity index (χ0) is 16.8. The molecule has 1 fully saturated rings. The van der Waals surface area contributed by atoms with E-state index >= 15 is 0 Å². The first kappa shape index (κ1) is 16.5. The molecule has 0 aliphatic carbocycles. The zero-order valence-electron chi connectivity index (χ0n) is 14.0. The molecule has 1 aliphatic heterocycles. The minimum Gasteiger partial charge on any atom is -0.497 e. The fraction of sp³-hybridized carbons (Fsp3) is 0.368. The molecule has 126 valence electrons. The van der Waals surface area contributed by atoms with E-state index in [0.29, 0.717) is 5.56 Å². The van der Waals surface area contributed by atoms with Crippen LogP contribution in [0.4, 0.5) is 0 Å². The van der Waals surface area contributed by atoms with Gasteiger partial charge in [0.05, 0.1) is 12.7 Å². The number of hydrogen-bond donors (Lipinski definition) is 0. The van der Waals surface area contributed by atoms with Crippen LogP contribution in [0.3, 0.4) is 0 Å². The molecule has 2 aromatic rings. The van der Waals surface area contributed by atoms with Gasteiger partial charge in [-0.1, -0.05) is 12.1 Å². The second-order valence-electron chi connectivity index (χ2n) is 5.97. The predicted octanol–water partition coefficient (Wildman–Crippen LogP) is 2.09. The van der Waals surface area contributed by atoms with Crippen LogP contribution >= 0.6 is 0 Å². The van der Waals surface area contributed by atoms with Crippen molar-refractivity contribution in [2.45, 2.75) is 6.42 Å². The third-order valence-electron chi connectivity index (χ3n) is 4.44. The maximum Gasteiger partial charge on any atom is 0.255 e. The van der Waals surface area contributed by atoms with Crippen LogP contribution in [0.2, 0.25) is 0 Å². The fourth-order valence-corrected chi connectivity index (χ4v) is 2.93. The van der Waals surface area contributed by atoms with E-state index in [2.05, 4.69) is 22.0 Å². The Hall–Kier alpha value is -2.40. The van der Waals surface area contributed by atoms with Gasteiger partial charge in [0.15, 0.2) is 0 Å². The van der Waals surface area contributed by atoms with E-state index in [1.165, 1.54) is 5.56 Å². The lowest BCUT2D eigenvalue weighted by atomic mass is 10.1. The summed E-state index contributed by atoms with van der Waals surface area (Å²) in [6, 6.07) is 11.9. The van der Waals surface area contributed by atoms with Crippen molar-refractivity contribution in [1.82, 2.24) is 14.8 Å². The van der Waals surface area contributed by atoms with Crippen molar-refractivity contribution >= 4 is 5.91 Å². The molecule has 5 nitrogen and oxygen atoms in total. The summed E-state index contributed by atoms with van der Waals surface area (Å²) in [4.78, 5) is 20.8. The standard InChI is InChI=1S/C19H23N3O2/c1-24-18-6-4-16(5-7-18)8-10-21-11-13-22(14-12-21)19(23)17-3-2-9-20-15-17/h2-7,9,15H,8,10-14H2,1H3. The van der Waals surface area contributed by atoms with Gasteiger partial charge in [-0.15, -0.1) is 0 Å². The normalized spacial score (nSPS) is 15.3. The highest BCUT2D eigenvalue weighted by atomic mass is 16.5. The van der Waals surface area contributed by atoms with Crippen molar-refractivity contribution in [3.05, 3.63) is 59.9 Å². The SMILES string of the molecule is COc1ccc(CCN2CCN(C(=O)c3cccnc3)CC2)cc1. The van der Waals surface area contributed by atoms with Crippen molar-refractivity contribution in [3.63, 3.8) is 0 Å². The molecule has 24 heavy (non-hydrogen) atoms. The summed E-state index contributed by atoms with van der Waals surface area (Å²) < 4.78 is 5.18. The number of carbonyl (C=O) groups excluding carboxylic acids is 1. The molecule has 0 spiro atoms. The fourth-order valence-electron chi connectivity index (χ4n) is 2.93. The van der Waals surface area contributed by atoms with Crippen LogP contribution in [0.25, 0.3) is 0 Å². The molecule has 3 rings (SSSR count). The summed E-state index contributed by atoms with van der Waals surface area (Å²) in [5.74, 6) is 0.971. The second kappa shape index (κ2) is 7.93. The van der Waals surface area contributed by atoms with Gasteiger partial charge in [-0.05, 0) is 36.2 Å². The average molecular weight is 325 g/mol. The Morgan fingerprint density at radius 1 is 1.12 bits per heavy atom. The molecule has 0 N–H and O–H groups in total. The van der Waals surface area contributed by atoms with Gasteiger partial charge in [0, 0.05) is 45.1 Å². The summed E-state index contributed by atoms with van der Waals surface area (Å²) >= 11 is 0. The number of hydrogen-bond acceptors (Lipinski definition) is 4.